The van der Waals surface area contributed by atoms with Crippen molar-refractivity contribution in [3.05, 3.63) is 42.4 Å². The minimum atomic E-state index is -0.453. The molecule has 1 fully saturated rings. The second-order valence-corrected chi connectivity index (χ2v) is 6.84. The molecule has 1 saturated heterocycles. The molecule has 3 N–H and O–H groups in total. The number of imidazole rings is 1. The van der Waals surface area contributed by atoms with Crippen molar-refractivity contribution in [2.24, 2.45) is 5.92 Å². The first-order chi connectivity index (χ1) is 13.7. The molecule has 0 aromatic carbocycles. The van der Waals surface area contributed by atoms with Crippen molar-refractivity contribution in [2.45, 2.75) is 12.8 Å². The van der Waals surface area contributed by atoms with E-state index in [2.05, 4.69) is 30.9 Å². The van der Waals surface area contributed by atoms with Crippen molar-refractivity contribution >= 4 is 17.4 Å². The molecule has 4 rings (SSSR count). The Morgan fingerprint density at radius 2 is 2.14 bits per heavy atom. The number of pyridine rings is 1. The highest BCUT2D eigenvalue weighted by atomic mass is 19.1. The summed E-state index contributed by atoms with van der Waals surface area (Å²) in [6, 6.07) is 1.58. The number of nitrogens with one attached hydrogen (secondary N) is 3. The number of aromatic nitrogens is 4. The first-order valence-electron chi connectivity index (χ1n) is 9.32. The number of anilines is 1. The molecule has 0 bridgehead atoms. The average Bonchev–Trinajstić information content (AvgIpc) is 3.17. The van der Waals surface area contributed by atoms with Gasteiger partial charge >= 0.3 is 0 Å². The van der Waals surface area contributed by atoms with E-state index in [1.807, 2.05) is 0 Å². The summed E-state index contributed by atoms with van der Waals surface area (Å²) in [5.74, 6) is 0.315. The molecule has 3 aromatic rings. The highest BCUT2D eigenvalue weighted by Gasteiger charge is 2.18. The van der Waals surface area contributed by atoms with E-state index in [1.165, 1.54) is 6.20 Å². The molecular weight excluding hydrogens is 361 g/mol. The second kappa shape index (κ2) is 7.89. The molecule has 1 aliphatic rings. The van der Waals surface area contributed by atoms with Crippen LogP contribution in [0.5, 0.6) is 0 Å². The van der Waals surface area contributed by atoms with Gasteiger partial charge in [-0.15, -0.1) is 0 Å². The predicted octanol–water partition coefficient (Wildman–Crippen LogP) is 1.70. The molecule has 0 unspecified atom stereocenters. The lowest BCUT2D eigenvalue weighted by molar-refractivity contribution is 0.0959. The lowest BCUT2D eigenvalue weighted by Crippen LogP contribution is -2.31. The molecule has 0 radical (unpaired) electrons. The summed E-state index contributed by atoms with van der Waals surface area (Å²) in [6.45, 7) is 2.75. The van der Waals surface area contributed by atoms with Crippen molar-refractivity contribution in [3.8, 4) is 11.3 Å². The van der Waals surface area contributed by atoms with Gasteiger partial charge in [-0.2, -0.15) is 0 Å². The summed E-state index contributed by atoms with van der Waals surface area (Å²) < 4.78 is 16.0. The van der Waals surface area contributed by atoms with E-state index < -0.39 is 5.82 Å². The highest BCUT2D eigenvalue weighted by molar-refractivity contribution is 5.93. The molecule has 4 heterocycles. The van der Waals surface area contributed by atoms with Gasteiger partial charge in [0.1, 0.15) is 5.69 Å². The quantitative estimate of drug-likeness (QED) is 0.621. The Balaban J connectivity index is 1.74. The smallest absolute Gasteiger partial charge is 0.271 e. The van der Waals surface area contributed by atoms with Crippen LogP contribution in [0.3, 0.4) is 0 Å². The van der Waals surface area contributed by atoms with Gasteiger partial charge in [0, 0.05) is 37.7 Å². The van der Waals surface area contributed by atoms with Gasteiger partial charge in [0.25, 0.3) is 5.91 Å². The maximum Gasteiger partial charge on any atom is 0.271 e. The van der Waals surface area contributed by atoms with Crippen LogP contribution < -0.4 is 16.0 Å². The van der Waals surface area contributed by atoms with E-state index in [9.17, 15) is 9.18 Å². The second-order valence-electron chi connectivity index (χ2n) is 6.84. The Kier molecular flexibility index (Phi) is 5.16. The van der Waals surface area contributed by atoms with Gasteiger partial charge in [0.15, 0.2) is 17.3 Å². The van der Waals surface area contributed by atoms with Crippen molar-refractivity contribution in [1.82, 2.24) is 30.0 Å². The number of rotatable bonds is 5. The number of fused-ring (bicyclic) bond motifs is 1. The summed E-state index contributed by atoms with van der Waals surface area (Å²) in [7, 11) is 1.55. The van der Waals surface area contributed by atoms with E-state index in [0.717, 1.165) is 38.7 Å². The predicted molar refractivity (Wildman–Crippen MR) is 104 cm³/mol. The van der Waals surface area contributed by atoms with Crippen LogP contribution in [0.2, 0.25) is 0 Å². The number of carbonyl (C=O) groups is 1. The first kappa shape index (κ1) is 18.3. The van der Waals surface area contributed by atoms with Crippen LogP contribution in [0.1, 0.15) is 23.3 Å². The number of hydrogen-bond donors (Lipinski definition) is 3. The number of amides is 1. The standard InChI is InChI=1S/C19H22FN7O/c1-21-19(28)16-11-27-10-15(13-4-7-23-9-14(13)20)25-17(18(27)26-16)24-8-12-2-5-22-6-3-12/h4,7,9-12,22H,2-3,5-6,8H2,1H3,(H,21,28)(H,24,25). The summed E-state index contributed by atoms with van der Waals surface area (Å²) in [5.41, 5.74) is 1.60. The van der Waals surface area contributed by atoms with Gasteiger partial charge in [-0.05, 0) is 37.9 Å². The van der Waals surface area contributed by atoms with Crippen LogP contribution in [0.25, 0.3) is 16.9 Å². The number of hydrogen-bond acceptors (Lipinski definition) is 6. The number of halogens is 1. The van der Waals surface area contributed by atoms with Gasteiger partial charge in [-0.3, -0.25) is 9.78 Å². The number of piperidine rings is 1. The van der Waals surface area contributed by atoms with Gasteiger partial charge in [-0.1, -0.05) is 0 Å². The Hall–Kier alpha value is -3.07. The molecule has 146 valence electrons. The van der Waals surface area contributed by atoms with E-state index in [0.29, 0.717) is 28.6 Å². The Morgan fingerprint density at radius 1 is 1.32 bits per heavy atom. The average molecular weight is 383 g/mol. The maximum atomic E-state index is 14.3. The Morgan fingerprint density at radius 3 is 2.89 bits per heavy atom. The molecule has 0 spiro atoms. The topological polar surface area (TPSA) is 96.2 Å². The lowest BCUT2D eigenvalue weighted by atomic mass is 9.98. The largest absolute Gasteiger partial charge is 0.367 e. The molecule has 1 amide bonds. The summed E-state index contributed by atoms with van der Waals surface area (Å²) >= 11 is 0. The van der Waals surface area contributed by atoms with Gasteiger partial charge in [0.05, 0.1) is 11.9 Å². The SMILES string of the molecule is CNC(=O)c1cn2cc(-c3ccncc3F)nc(NCC3CCNCC3)c2n1. The Labute approximate surface area is 161 Å². The zero-order valence-corrected chi connectivity index (χ0v) is 15.6. The van der Waals surface area contributed by atoms with Crippen molar-refractivity contribution in [1.29, 1.82) is 0 Å². The van der Waals surface area contributed by atoms with Crippen LogP contribution in [0.15, 0.2) is 30.9 Å². The highest BCUT2D eigenvalue weighted by Crippen LogP contribution is 2.25. The van der Waals surface area contributed by atoms with Crippen molar-refractivity contribution in [3.63, 3.8) is 0 Å². The summed E-state index contributed by atoms with van der Waals surface area (Å²) in [6.07, 6.45) is 8.14. The maximum absolute atomic E-state index is 14.3. The van der Waals surface area contributed by atoms with Crippen LogP contribution in [0.4, 0.5) is 10.2 Å². The number of nitrogens with zero attached hydrogens (tertiary/aromatic N) is 4. The molecule has 0 saturated carbocycles. The summed E-state index contributed by atoms with van der Waals surface area (Å²) in [4.78, 5) is 24.8. The zero-order valence-electron chi connectivity index (χ0n) is 15.6. The fourth-order valence-corrected chi connectivity index (χ4v) is 3.39. The molecule has 8 nitrogen and oxygen atoms in total. The van der Waals surface area contributed by atoms with E-state index in [1.54, 1.807) is 29.9 Å². The zero-order chi connectivity index (χ0) is 19.5. The Bertz CT molecular complexity index is 997. The minimum Gasteiger partial charge on any atom is -0.367 e. The van der Waals surface area contributed by atoms with E-state index in [4.69, 9.17) is 0 Å². The van der Waals surface area contributed by atoms with Crippen molar-refractivity contribution in [2.75, 3.05) is 32.0 Å². The fourth-order valence-electron chi connectivity index (χ4n) is 3.39. The van der Waals surface area contributed by atoms with Crippen LogP contribution in [-0.2, 0) is 0 Å². The molecule has 3 aromatic heterocycles. The molecular formula is C19H22FN7O. The summed E-state index contributed by atoms with van der Waals surface area (Å²) in [5, 5.41) is 9.28. The third kappa shape index (κ3) is 3.65. The third-order valence-corrected chi connectivity index (χ3v) is 4.96. The van der Waals surface area contributed by atoms with Gasteiger partial charge < -0.3 is 20.4 Å². The third-order valence-electron chi connectivity index (χ3n) is 4.96. The fraction of sp³-hybridized carbons (Fsp3) is 0.368. The van der Waals surface area contributed by atoms with E-state index in [-0.39, 0.29) is 11.6 Å². The van der Waals surface area contributed by atoms with Crippen LogP contribution >= 0.6 is 0 Å². The van der Waals surface area contributed by atoms with Crippen LogP contribution in [-0.4, -0.2) is 51.9 Å². The molecule has 9 heteroatoms. The van der Waals surface area contributed by atoms with Crippen LogP contribution in [0, 0.1) is 11.7 Å². The number of carbonyl (C=O) groups excluding carboxylic acids is 1. The first-order valence-corrected chi connectivity index (χ1v) is 9.32. The molecule has 28 heavy (non-hydrogen) atoms. The van der Waals surface area contributed by atoms with Crippen molar-refractivity contribution < 1.29 is 9.18 Å². The molecule has 1 aliphatic heterocycles. The monoisotopic (exact) mass is 383 g/mol. The van der Waals surface area contributed by atoms with E-state index >= 15 is 0 Å². The molecule has 0 aliphatic carbocycles. The minimum absolute atomic E-state index is 0.279. The lowest BCUT2D eigenvalue weighted by Gasteiger charge is -2.23. The molecule has 0 atom stereocenters. The van der Waals surface area contributed by atoms with Gasteiger partial charge in [-0.25, -0.2) is 14.4 Å². The van der Waals surface area contributed by atoms with Gasteiger partial charge in [0.2, 0.25) is 0 Å². The normalized spacial score (nSPS) is 14.9.